The highest BCUT2D eigenvalue weighted by molar-refractivity contribution is 7.89. The van der Waals surface area contributed by atoms with E-state index in [4.69, 9.17) is 0 Å². The van der Waals surface area contributed by atoms with Gasteiger partial charge in [-0.15, -0.1) is 0 Å². The van der Waals surface area contributed by atoms with Crippen LogP contribution in [0.2, 0.25) is 0 Å². The Morgan fingerprint density at radius 1 is 0.714 bits per heavy atom. The van der Waals surface area contributed by atoms with Gasteiger partial charge in [-0.05, 0) is 64.8 Å². The van der Waals surface area contributed by atoms with Crippen molar-refractivity contribution < 1.29 is 36.6 Å². The number of aliphatic carboxylic acids is 2. The highest BCUT2D eigenvalue weighted by Crippen LogP contribution is 2.38. The van der Waals surface area contributed by atoms with E-state index >= 15 is 0 Å². The van der Waals surface area contributed by atoms with Crippen molar-refractivity contribution in [2.45, 2.75) is 56.0 Å². The van der Waals surface area contributed by atoms with Crippen LogP contribution in [0.3, 0.4) is 0 Å². The molecule has 0 aromatic heterocycles. The molecule has 0 spiro atoms. The second kappa shape index (κ2) is 9.69. The maximum absolute atomic E-state index is 12.8. The highest BCUT2D eigenvalue weighted by atomic mass is 32.2. The molecule has 0 amide bonds. The summed E-state index contributed by atoms with van der Waals surface area (Å²) in [6, 6.07) is 6.28. The van der Waals surface area contributed by atoms with Crippen LogP contribution in [0.4, 0.5) is 0 Å². The molecule has 0 bridgehead atoms. The summed E-state index contributed by atoms with van der Waals surface area (Å²) in [5.41, 5.74) is 2.76. The van der Waals surface area contributed by atoms with E-state index in [1.165, 1.54) is 24.3 Å². The Labute approximate surface area is 204 Å². The molecule has 0 radical (unpaired) electrons. The first kappa shape index (κ1) is 26.8. The summed E-state index contributed by atoms with van der Waals surface area (Å²) in [7, 11) is -8.22. The summed E-state index contributed by atoms with van der Waals surface area (Å²) in [6.45, 7) is 6.39. The molecule has 0 saturated heterocycles. The third-order valence-corrected chi connectivity index (χ3v) is 8.75. The summed E-state index contributed by atoms with van der Waals surface area (Å²) in [5.74, 6) is -3.48. The van der Waals surface area contributed by atoms with Crippen LogP contribution in [0.5, 0.6) is 0 Å². The van der Waals surface area contributed by atoms with Gasteiger partial charge in [0.15, 0.2) is 0 Å². The van der Waals surface area contributed by atoms with Gasteiger partial charge in [-0.3, -0.25) is 9.59 Å². The number of carbonyl (C=O) groups is 2. The fourth-order valence-electron chi connectivity index (χ4n) is 3.91. The van der Waals surface area contributed by atoms with Gasteiger partial charge in [-0.25, -0.2) is 16.8 Å². The molecule has 0 unspecified atom stereocenters. The van der Waals surface area contributed by atoms with Gasteiger partial charge in [0, 0.05) is 0 Å². The molecule has 0 fully saturated rings. The van der Waals surface area contributed by atoms with Crippen molar-refractivity contribution in [1.29, 1.82) is 0 Å². The molecule has 4 N–H and O–H groups in total. The Bertz CT molecular complexity index is 1280. The first-order valence-electron chi connectivity index (χ1n) is 10.9. The van der Waals surface area contributed by atoms with Gasteiger partial charge < -0.3 is 10.2 Å². The largest absolute Gasteiger partial charge is 0.480 e. The minimum atomic E-state index is -4.11. The standard InChI is InChI=1S/C23H28N2O8S2/c1-12(2)20(22(26)27)24-34(30,31)16-5-7-18-14(10-16)9-15-11-17(6-8-19(15)18)35(32,33)25-21(13(3)4)23(28)29/h5-8,10-13,20-21,24-25H,9H2,1-4H3,(H,26,27)(H,28,29)/t20-,21+. The molecular formula is C23H28N2O8S2. The number of benzene rings is 2. The van der Waals surface area contributed by atoms with Crippen LogP contribution < -0.4 is 9.44 Å². The smallest absolute Gasteiger partial charge is 0.322 e. The molecule has 10 nitrogen and oxygen atoms in total. The number of sulfonamides is 2. The number of rotatable bonds is 10. The third kappa shape index (κ3) is 5.56. The Morgan fingerprint density at radius 3 is 1.34 bits per heavy atom. The quantitative estimate of drug-likeness (QED) is 0.312. The van der Waals surface area contributed by atoms with E-state index < -0.39 is 55.9 Å². The number of fused-ring (bicyclic) bond motifs is 3. The lowest BCUT2D eigenvalue weighted by Crippen LogP contribution is -2.44. The number of carboxylic acid groups (broad SMARTS) is 2. The lowest BCUT2D eigenvalue weighted by atomic mass is 10.1. The van der Waals surface area contributed by atoms with Crippen molar-refractivity contribution in [2.24, 2.45) is 11.8 Å². The number of carboxylic acids is 2. The van der Waals surface area contributed by atoms with E-state index in [0.29, 0.717) is 11.1 Å². The SMILES string of the molecule is CC(C)[C@H](NS(=O)(=O)c1ccc2c(c1)Cc1cc(S(=O)(=O)N[C@@H](C(=O)O)C(C)C)ccc1-2)C(=O)O. The summed E-state index contributed by atoms with van der Waals surface area (Å²) < 4.78 is 55.7. The lowest BCUT2D eigenvalue weighted by Gasteiger charge is -2.18. The average Bonchev–Trinajstić information content (AvgIpc) is 3.12. The molecule has 1 aliphatic carbocycles. The highest BCUT2D eigenvalue weighted by Gasteiger charge is 2.31. The van der Waals surface area contributed by atoms with Crippen LogP contribution >= 0.6 is 0 Å². The lowest BCUT2D eigenvalue weighted by molar-refractivity contribution is -0.141. The minimum Gasteiger partial charge on any atom is -0.480 e. The van der Waals surface area contributed by atoms with Crippen molar-refractivity contribution in [1.82, 2.24) is 9.44 Å². The van der Waals surface area contributed by atoms with Crippen molar-refractivity contribution in [3.8, 4) is 11.1 Å². The normalized spacial score (nSPS) is 15.0. The summed E-state index contributed by atoms with van der Waals surface area (Å²) >= 11 is 0. The van der Waals surface area contributed by atoms with Crippen LogP contribution in [0.1, 0.15) is 38.8 Å². The molecule has 0 aliphatic heterocycles. The van der Waals surface area contributed by atoms with Crippen LogP contribution in [0, 0.1) is 11.8 Å². The molecule has 2 aromatic rings. The molecule has 3 rings (SSSR count). The van der Waals surface area contributed by atoms with Gasteiger partial charge in [-0.2, -0.15) is 9.44 Å². The van der Waals surface area contributed by atoms with Gasteiger partial charge in [-0.1, -0.05) is 39.8 Å². The van der Waals surface area contributed by atoms with E-state index in [9.17, 15) is 36.6 Å². The molecule has 2 aromatic carbocycles. The molecule has 2 atom stereocenters. The summed E-state index contributed by atoms with van der Waals surface area (Å²) in [6.07, 6.45) is 0.260. The van der Waals surface area contributed by atoms with E-state index in [2.05, 4.69) is 9.44 Å². The van der Waals surface area contributed by atoms with E-state index in [0.717, 1.165) is 11.1 Å². The number of hydrogen-bond acceptors (Lipinski definition) is 6. The molecular weight excluding hydrogens is 496 g/mol. The van der Waals surface area contributed by atoms with Gasteiger partial charge in [0.25, 0.3) is 0 Å². The van der Waals surface area contributed by atoms with Gasteiger partial charge in [0.2, 0.25) is 20.0 Å². The number of nitrogens with one attached hydrogen (secondary N) is 2. The zero-order valence-corrected chi connectivity index (χ0v) is 21.3. The Morgan fingerprint density at radius 2 is 1.06 bits per heavy atom. The van der Waals surface area contributed by atoms with Crippen molar-refractivity contribution in [3.05, 3.63) is 47.5 Å². The summed E-state index contributed by atoms with van der Waals surface area (Å²) in [4.78, 5) is 22.7. The van der Waals surface area contributed by atoms with Crippen molar-refractivity contribution >= 4 is 32.0 Å². The Kier molecular flexibility index (Phi) is 7.42. The maximum Gasteiger partial charge on any atom is 0.322 e. The van der Waals surface area contributed by atoms with Crippen LogP contribution in [-0.4, -0.2) is 51.1 Å². The number of hydrogen-bond donors (Lipinski definition) is 4. The second-order valence-electron chi connectivity index (χ2n) is 9.18. The fraction of sp³-hybridized carbons (Fsp3) is 0.391. The van der Waals surface area contributed by atoms with Crippen molar-refractivity contribution in [2.75, 3.05) is 0 Å². The van der Waals surface area contributed by atoms with E-state index in [1.807, 2.05) is 0 Å². The monoisotopic (exact) mass is 524 g/mol. The van der Waals surface area contributed by atoms with Gasteiger partial charge in [0.1, 0.15) is 12.1 Å². The molecule has 0 heterocycles. The van der Waals surface area contributed by atoms with Gasteiger partial charge >= 0.3 is 11.9 Å². The second-order valence-corrected chi connectivity index (χ2v) is 12.6. The zero-order chi connectivity index (χ0) is 26.3. The Balaban J connectivity index is 1.90. The molecule has 190 valence electrons. The van der Waals surface area contributed by atoms with Crippen LogP contribution in [0.15, 0.2) is 46.2 Å². The minimum absolute atomic E-state index is 0.0910. The van der Waals surface area contributed by atoms with Crippen molar-refractivity contribution in [3.63, 3.8) is 0 Å². The zero-order valence-electron chi connectivity index (χ0n) is 19.6. The molecule has 35 heavy (non-hydrogen) atoms. The van der Waals surface area contributed by atoms with E-state index in [-0.39, 0.29) is 16.2 Å². The van der Waals surface area contributed by atoms with Gasteiger partial charge in [0.05, 0.1) is 9.79 Å². The first-order valence-corrected chi connectivity index (χ1v) is 13.9. The Hall–Kier alpha value is -2.80. The molecule has 12 heteroatoms. The first-order chi connectivity index (χ1) is 16.1. The topological polar surface area (TPSA) is 167 Å². The fourth-order valence-corrected chi connectivity index (χ4v) is 6.69. The van der Waals surface area contributed by atoms with E-state index in [1.54, 1.807) is 39.8 Å². The molecule has 0 saturated carbocycles. The maximum atomic E-state index is 12.8. The van der Waals surface area contributed by atoms with Crippen LogP contribution in [0.25, 0.3) is 11.1 Å². The van der Waals surface area contributed by atoms with Crippen LogP contribution in [-0.2, 0) is 36.1 Å². The average molecular weight is 525 g/mol. The third-order valence-electron chi connectivity index (χ3n) is 5.87. The predicted octanol–water partition coefficient (Wildman–Crippen LogP) is 2.03. The summed E-state index contributed by atoms with van der Waals surface area (Å²) in [5, 5.41) is 18.6. The molecule has 1 aliphatic rings. The predicted molar refractivity (Wildman–Crippen MR) is 128 cm³/mol.